The van der Waals surface area contributed by atoms with Gasteiger partial charge in [0.05, 0.1) is 46.5 Å². The molecule has 42 heavy (non-hydrogen) atoms. The number of morpholine rings is 1. The van der Waals surface area contributed by atoms with Gasteiger partial charge in [-0.2, -0.15) is 18.3 Å². The van der Waals surface area contributed by atoms with E-state index in [0.717, 1.165) is 11.3 Å². The van der Waals surface area contributed by atoms with Crippen molar-refractivity contribution in [3.63, 3.8) is 0 Å². The number of halogens is 4. The number of fused-ring (bicyclic) bond motifs is 1. The monoisotopic (exact) mass is 608 g/mol. The molecule has 4 heterocycles. The molecule has 13 nitrogen and oxygen atoms in total. The van der Waals surface area contributed by atoms with Crippen LogP contribution in [0.15, 0.2) is 36.7 Å². The van der Waals surface area contributed by atoms with Crippen LogP contribution in [-0.2, 0) is 15.7 Å². The van der Waals surface area contributed by atoms with Crippen LogP contribution in [0.5, 0.6) is 0 Å². The first-order valence-corrected chi connectivity index (χ1v) is 12.9. The largest absolute Gasteiger partial charge is 0.478 e. The lowest BCUT2D eigenvalue weighted by atomic mass is 10.1. The number of nitrogens with zero attached hydrogens (tertiary/aromatic N) is 5. The predicted octanol–water partition coefficient (Wildman–Crippen LogP) is 3.37. The number of alkyl halides is 3. The van der Waals surface area contributed by atoms with Crippen molar-refractivity contribution >= 4 is 51.1 Å². The highest BCUT2D eigenvalue weighted by Gasteiger charge is 2.32. The number of thiazole rings is 1. The number of benzene rings is 1. The summed E-state index contributed by atoms with van der Waals surface area (Å²) in [4.78, 5) is 47.5. The second-order valence-corrected chi connectivity index (χ2v) is 9.98. The van der Waals surface area contributed by atoms with Crippen LogP contribution < -0.4 is 16.4 Å². The molecule has 4 aromatic rings. The molecule has 0 saturated carbocycles. The van der Waals surface area contributed by atoms with Gasteiger partial charge in [-0.1, -0.05) is 11.3 Å². The van der Waals surface area contributed by atoms with E-state index in [-0.39, 0.29) is 27.4 Å². The number of carbonyl (C=O) groups excluding carboxylic acids is 2. The number of nitrogens with one attached hydrogen (secondary N) is 2. The van der Waals surface area contributed by atoms with Crippen molar-refractivity contribution in [2.24, 2.45) is 5.73 Å². The number of nitrogens with two attached hydrogens (primary N) is 1. The van der Waals surface area contributed by atoms with Gasteiger partial charge in [-0.25, -0.2) is 28.6 Å². The number of amides is 3. The third-order valence-electron chi connectivity index (χ3n) is 6.14. The lowest BCUT2D eigenvalue weighted by Crippen LogP contribution is -2.47. The van der Waals surface area contributed by atoms with Crippen molar-refractivity contribution in [3.8, 4) is 10.6 Å². The van der Waals surface area contributed by atoms with Gasteiger partial charge in [-0.15, -0.1) is 0 Å². The van der Waals surface area contributed by atoms with Gasteiger partial charge in [0, 0.05) is 25.0 Å². The third-order valence-corrected chi connectivity index (χ3v) is 7.07. The van der Waals surface area contributed by atoms with Gasteiger partial charge in [0.1, 0.15) is 5.82 Å². The zero-order chi connectivity index (χ0) is 30.2. The number of urea groups is 1. The highest BCUT2D eigenvalue weighted by Crippen LogP contribution is 2.33. The molecule has 0 aliphatic carbocycles. The van der Waals surface area contributed by atoms with E-state index < -0.39 is 47.3 Å². The first-order valence-electron chi connectivity index (χ1n) is 12.1. The molecular weight excluding hydrogens is 588 g/mol. The summed E-state index contributed by atoms with van der Waals surface area (Å²) in [5, 5.41) is 18.6. The Labute approximate surface area is 236 Å². The summed E-state index contributed by atoms with van der Waals surface area (Å²) in [6, 6.07) is 1.85. The molecule has 1 atom stereocenters. The van der Waals surface area contributed by atoms with Crippen LogP contribution in [-0.4, -0.2) is 74.0 Å². The Morgan fingerprint density at radius 3 is 2.50 bits per heavy atom. The smallest absolute Gasteiger partial charge is 0.416 e. The Kier molecular flexibility index (Phi) is 7.76. The molecule has 1 fully saturated rings. The number of primary amides is 1. The molecule has 1 aromatic carbocycles. The highest BCUT2D eigenvalue weighted by atomic mass is 32.1. The van der Waals surface area contributed by atoms with E-state index in [1.165, 1.54) is 23.1 Å². The summed E-state index contributed by atoms with van der Waals surface area (Å²) in [6.07, 6.45) is -3.33. The Morgan fingerprint density at radius 1 is 1.10 bits per heavy atom. The second-order valence-electron chi connectivity index (χ2n) is 8.95. The Morgan fingerprint density at radius 2 is 1.83 bits per heavy atom. The molecule has 1 unspecified atom stereocenters. The van der Waals surface area contributed by atoms with Gasteiger partial charge < -0.3 is 20.9 Å². The van der Waals surface area contributed by atoms with E-state index in [1.54, 1.807) is 4.90 Å². The van der Waals surface area contributed by atoms with Crippen LogP contribution in [0.3, 0.4) is 0 Å². The first kappa shape index (κ1) is 28.8. The molecule has 0 radical (unpaired) electrons. The van der Waals surface area contributed by atoms with Gasteiger partial charge in [-0.05, 0) is 24.3 Å². The highest BCUT2D eigenvalue weighted by molar-refractivity contribution is 7.19. The molecule has 1 saturated heterocycles. The molecule has 5 N–H and O–H groups in total. The standard InChI is InChI=1S/C24H20F4N8O5S/c25-12-5-11(24(26,27)28)6-13(7-12)32-22(40)34-23-30-10-17(42-23)16-8-14(21(38)39)15-9-31-36(19(15)33-16)20(18(29)37)35-1-3-41-4-2-35/h5-10,20H,1-4H2,(H2,29,37)(H,38,39)(H2,30,32,34,40). The number of rotatable bonds is 7. The molecule has 220 valence electrons. The Balaban J connectivity index is 1.43. The number of anilines is 2. The van der Waals surface area contributed by atoms with Crippen molar-refractivity contribution < 1.29 is 41.8 Å². The van der Waals surface area contributed by atoms with Gasteiger partial charge in [0.2, 0.25) is 0 Å². The Hall–Kier alpha value is -4.68. The zero-order valence-corrected chi connectivity index (χ0v) is 22.0. The van der Waals surface area contributed by atoms with Crippen molar-refractivity contribution in [2.75, 3.05) is 36.9 Å². The van der Waals surface area contributed by atoms with Gasteiger partial charge >= 0.3 is 18.2 Å². The number of ether oxygens (including phenoxy) is 1. The second kappa shape index (κ2) is 11.3. The van der Waals surface area contributed by atoms with Crippen LogP contribution in [0.4, 0.5) is 33.2 Å². The average Bonchev–Trinajstić information content (AvgIpc) is 3.55. The number of aromatic nitrogens is 4. The van der Waals surface area contributed by atoms with E-state index in [4.69, 9.17) is 10.5 Å². The van der Waals surface area contributed by atoms with Crippen molar-refractivity contribution in [2.45, 2.75) is 12.3 Å². The van der Waals surface area contributed by atoms with E-state index in [9.17, 15) is 37.1 Å². The number of carboxylic acid groups (broad SMARTS) is 1. The fraction of sp³-hybridized carbons (Fsp3) is 0.250. The molecule has 5 rings (SSSR count). The van der Waals surface area contributed by atoms with E-state index in [1.807, 2.05) is 0 Å². The minimum atomic E-state index is -4.82. The molecule has 1 aliphatic rings. The number of aromatic carboxylic acids is 1. The SMILES string of the molecule is NC(=O)C(N1CCOCC1)n1ncc2c(C(=O)O)cc(-c3cnc(NC(=O)Nc4cc(F)cc(C(F)(F)F)c4)s3)nc21. The third kappa shape index (κ3) is 5.99. The number of pyridine rings is 1. The minimum Gasteiger partial charge on any atom is -0.478 e. The molecule has 0 bridgehead atoms. The van der Waals surface area contributed by atoms with Gasteiger partial charge in [-0.3, -0.25) is 15.0 Å². The fourth-order valence-electron chi connectivity index (χ4n) is 4.31. The molecule has 3 amide bonds. The summed E-state index contributed by atoms with van der Waals surface area (Å²) in [7, 11) is 0. The molecule has 3 aromatic heterocycles. The van der Waals surface area contributed by atoms with E-state index in [0.29, 0.717) is 49.4 Å². The average molecular weight is 609 g/mol. The maximum Gasteiger partial charge on any atom is 0.416 e. The number of hydrogen-bond donors (Lipinski definition) is 4. The van der Waals surface area contributed by atoms with Crippen LogP contribution in [0.1, 0.15) is 22.1 Å². The summed E-state index contributed by atoms with van der Waals surface area (Å²) in [5.74, 6) is -3.22. The number of carboxylic acids is 1. The summed E-state index contributed by atoms with van der Waals surface area (Å²) >= 11 is 0.875. The van der Waals surface area contributed by atoms with Crippen molar-refractivity contribution in [1.29, 1.82) is 0 Å². The quantitative estimate of drug-likeness (QED) is 0.229. The van der Waals surface area contributed by atoms with Crippen molar-refractivity contribution in [3.05, 3.63) is 53.6 Å². The number of hydrogen-bond acceptors (Lipinski definition) is 9. The molecule has 18 heteroatoms. The van der Waals surface area contributed by atoms with E-state index in [2.05, 4.69) is 25.7 Å². The van der Waals surface area contributed by atoms with Crippen LogP contribution in [0.2, 0.25) is 0 Å². The minimum absolute atomic E-state index is 0.0226. The van der Waals surface area contributed by atoms with Crippen LogP contribution in [0.25, 0.3) is 21.6 Å². The van der Waals surface area contributed by atoms with Gasteiger partial charge in [0.25, 0.3) is 5.91 Å². The van der Waals surface area contributed by atoms with Crippen LogP contribution >= 0.6 is 11.3 Å². The maximum absolute atomic E-state index is 13.7. The normalized spacial score (nSPS) is 15.0. The molecular formula is C24H20F4N8O5S. The summed E-state index contributed by atoms with van der Waals surface area (Å²) in [5.41, 5.74) is 3.98. The lowest BCUT2D eigenvalue weighted by molar-refractivity contribution is -0.137. The number of carbonyl (C=O) groups is 3. The van der Waals surface area contributed by atoms with Gasteiger partial charge in [0.15, 0.2) is 16.9 Å². The molecule has 1 aliphatic heterocycles. The summed E-state index contributed by atoms with van der Waals surface area (Å²) in [6.45, 7) is 1.46. The zero-order valence-electron chi connectivity index (χ0n) is 21.2. The first-order chi connectivity index (χ1) is 19.9. The lowest BCUT2D eigenvalue weighted by Gasteiger charge is -2.32. The fourth-order valence-corrected chi connectivity index (χ4v) is 5.08. The van der Waals surface area contributed by atoms with E-state index >= 15 is 0 Å². The van der Waals surface area contributed by atoms with Crippen LogP contribution in [0, 0.1) is 5.82 Å². The van der Waals surface area contributed by atoms with Crippen molar-refractivity contribution in [1.82, 2.24) is 24.6 Å². The predicted molar refractivity (Wildman–Crippen MR) is 140 cm³/mol. The Bertz CT molecular complexity index is 1690. The molecule has 0 spiro atoms. The topological polar surface area (TPSA) is 178 Å². The maximum atomic E-state index is 13.7. The summed E-state index contributed by atoms with van der Waals surface area (Å²) < 4.78 is 59.1.